The van der Waals surface area contributed by atoms with Crippen molar-refractivity contribution in [1.82, 2.24) is 0 Å². The number of hydrogen-bond acceptors (Lipinski definition) is 2. The van der Waals surface area contributed by atoms with Crippen molar-refractivity contribution >= 4 is 11.0 Å². The standard InChI is InChI=1S/C12H12F3NO/c1-7(16)4-8-2-3-10-9(5-8)6-11(17-10)12(13,14)15/h2-3,5-7H,4,16H2,1H3. The SMILES string of the molecule is CC(N)Cc1ccc2oc(C(F)(F)F)cc2c1. The van der Waals surface area contributed by atoms with Crippen molar-refractivity contribution in [2.45, 2.75) is 25.6 Å². The second-order valence-electron chi connectivity index (χ2n) is 4.16. The Hall–Kier alpha value is -1.49. The number of fused-ring (bicyclic) bond motifs is 1. The molecule has 17 heavy (non-hydrogen) atoms. The Morgan fingerprint density at radius 1 is 1.29 bits per heavy atom. The quantitative estimate of drug-likeness (QED) is 0.878. The van der Waals surface area contributed by atoms with E-state index in [0.29, 0.717) is 11.8 Å². The molecule has 1 aromatic heterocycles. The number of alkyl halides is 3. The molecule has 0 radical (unpaired) electrons. The van der Waals surface area contributed by atoms with Gasteiger partial charge in [0.2, 0.25) is 5.76 Å². The van der Waals surface area contributed by atoms with E-state index < -0.39 is 11.9 Å². The Morgan fingerprint density at radius 3 is 2.59 bits per heavy atom. The fourth-order valence-corrected chi connectivity index (χ4v) is 1.73. The first-order chi connectivity index (χ1) is 7.86. The van der Waals surface area contributed by atoms with Crippen molar-refractivity contribution < 1.29 is 17.6 Å². The molecule has 0 spiro atoms. The van der Waals surface area contributed by atoms with E-state index in [1.807, 2.05) is 6.92 Å². The molecule has 5 heteroatoms. The van der Waals surface area contributed by atoms with Gasteiger partial charge < -0.3 is 10.2 Å². The monoisotopic (exact) mass is 243 g/mol. The van der Waals surface area contributed by atoms with Crippen LogP contribution in [0.1, 0.15) is 18.2 Å². The summed E-state index contributed by atoms with van der Waals surface area (Å²) in [6, 6.07) is 5.94. The van der Waals surface area contributed by atoms with Gasteiger partial charge in [-0.25, -0.2) is 0 Å². The molecule has 1 heterocycles. The van der Waals surface area contributed by atoms with Crippen molar-refractivity contribution in [3.8, 4) is 0 Å². The summed E-state index contributed by atoms with van der Waals surface area (Å²) in [4.78, 5) is 0. The molecule has 1 unspecified atom stereocenters. The maximum absolute atomic E-state index is 12.4. The molecule has 2 N–H and O–H groups in total. The fraction of sp³-hybridized carbons (Fsp3) is 0.333. The number of furan rings is 1. The Balaban J connectivity index is 2.41. The number of nitrogens with two attached hydrogens (primary N) is 1. The normalized spacial score (nSPS) is 14.2. The van der Waals surface area contributed by atoms with Crippen LogP contribution in [0, 0.1) is 0 Å². The van der Waals surface area contributed by atoms with Crippen molar-refractivity contribution in [3.63, 3.8) is 0 Å². The van der Waals surface area contributed by atoms with Crippen LogP contribution in [0.5, 0.6) is 0 Å². The van der Waals surface area contributed by atoms with Gasteiger partial charge in [-0.1, -0.05) is 6.07 Å². The van der Waals surface area contributed by atoms with Gasteiger partial charge in [0.25, 0.3) is 0 Å². The predicted molar refractivity (Wildman–Crippen MR) is 58.6 cm³/mol. The minimum absolute atomic E-state index is 0.0264. The summed E-state index contributed by atoms with van der Waals surface area (Å²) in [5, 5.41) is 0.454. The van der Waals surface area contributed by atoms with Gasteiger partial charge in [0.05, 0.1) is 0 Å². The molecular weight excluding hydrogens is 231 g/mol. The van der Waals surface area contributed by atoms with E-state index >= 15 is 0 Å². The van der Waals surface area contributed by atoms with Crippen molar-refractivity contribution in [1.29, 1.82) is 0 Å². The average Bonchev–Trinajstić information content (AvgIpc) is 2.58. The first-order valence-electron chi connectivity index (χ1n) is 5.21. The molecule has 92 valence electrons. The molecular formula is C12H12F3NO. The van der Waals surface area contributed by atoms with E-state index in [1.54, 1.807) is 18.2 Å². The maximum atomic E-state index is 12.4. The zero-order valence-corrected chi connectivity index (χ0v) is 9.21. The van der Waals surface area contributed by atoms with E-state index in [0.717, 1.165) is 11.6 Å². The van der Waals surface area contributed by atoms with Crippen molar-refractivity contribution in [2.24, 2.45) is 5.73 Å². The summed E-state index contributed by atoms with van der Waals surface area (Å²) in [5.41, 5.74) is 6.79. The minimum Gasteiger partial charge on any atom is -0.452 e. The lowest BCUT2D eigenvalue weighted by molar-refractivity contribution is -0.152. The molecule has 2 aromatic rings. The molecule has 0 saturated heterocycles. The van der Waals surface area contributed by atoms with E-state index in [9.17, 15) is 13.2 Å². The lowest BCUT2D eigenvalue weighted by Gasteiger charge is -2.04. The fourth-order valence-electron chi connectivity index (χ4n) is 1.73. The van der Waals surface area contributed by atoms with Gasteiger partial charge in [0.1, 0.15) is 5.58 Å². The molecule has 0 aliphatic heterocycles. The van der Waals surface area contributed by atoms with E-state index in [-0.39, 0.29) is 11.6 Å². The van der Waals surface area contributed by atoms with Crippen LogP contribution in [0.4, 0.5) is 13.2 Å². The van der Waals surface area contributed by atoms with Gasteiger partial charge in [0, 0.05) is 11.4 Å². The zero-order valence-electron chi connectivity index (χ0n) is 9.21. The topological polar surface area (TPSA) is 39.2 Å². The third-order valence-corrected chi connectivity index (χ3v) is 2.42. The van der Waals surface area contributed by atoms with E-state index in [1.165, 1.54) is 0 Å². The third kappa shape index (κ3) is 2.61. The van der Waals surface area contributed by atoms with Crippen molar-refractivity contribution in [2.75, 3.05) is 0 Å². The predicted octanol–water partition coefficient (Wildman–Crippen LogP) is 3.34. The summed E-state index contributed by atoms with van der Waals surface area (Å²) in [6.45, 7) is 1.85. The Labute approximate surface area is 96.2 Å². The summed E-state index contributed by atoms with van der Waals surface area (Å²) in [6.07, 6.45) is -3.82. The van der Waals surface area contributed by atoms with Crippen LogP contribution in [0.2, 0.25) is 0 Å². The van der Waals surface area contributed by atoms with Gasteiger partial charge in [0.15, 0.2) is 0 Å². The van der Waals surface area contributed by atoms with E-state index in [2.05, 4.69) is 0 Å². The Morgan fingerprint density at radius 2 is 2.00 bits per heavy atom. The minimum atomic E-state index is -4.44. The highest BCUT2D eigenvalue weighted by Crippen LogP contribution is 2.34. The molecule has 1 atom stereocenters. The summed E-state index contributed by atoms with van der Waals surface area (Å²) in [7, 11) is 0. The number of rotatable bonds is 2. The molecule has 2 nitrogen and oxygen atoms in total. The second kappa shape index (κ2) is 4.07. The third-order valence-electron chi connectivity index (χ3n) is 2.42. The molecule has 2 rings (SSSR count). The molecule has 0 aliphatic rings. The van der Waals surface area contributed by atoms with Gasteiger partial charge in [-0.05, 0) is 37.1 Å². The molecule has 0 fully saturated rings. The number of hydrogen-bond donors (Lipinski definition) is 1. The summed E-state index contributed by atoms with van der Waals surface area (Å²) in [5.74, 6) is -0.967. The number of halogens is 3. The van der Waals surface area contributed by atoms with Crippen LogP contribution in [0.3, 0.4) is 0 Å². The molecule has 1 aromatic carbocycles. The van der Waals surface area contributed by atoms with Gasteiger partial charge in [-0.3, -0.25) is 0 Å². The van der Waals surface area contributed by atoms with Crippen molar-refractivity contribution in [3.05, 3.63) is 35.6 Å². The van der Waals surface area contributed by atoms with Crippen LogP contribution < -0.4 is 5.73 Å². The van der Waals surface area contributed by atoms with Crippen LogP contribution in [-0.4, -0.2) is 6.04 Å². The average molecular weight is 243 g/mol. The Bertz CT molecular complexity index is 528. The summed E-state index contributed by atoms with van der Waals surface area (Å²) < 4.78 is 42.0. The van der Waals surface area contributed by atoms with Crippen LogP contribution >= 0.6 is 0 Å². The maximum Gasteiger partial charge on any atom is 0.449 e. The first-order valence-corrected chi connectivity index (χ1v) is 5.21. The summed E-state index contributed by atoms with van der Waals surface area (Å²) >= 11 is 0. The van der Waals surface area contributed by atoms with Gasteiger partial charge in [-0.2, -0.15) is 13.2 Å². The van der Waals surface area contributed by atoms with Crippen LogP contribution in [-0.2, 0) is 12.6 Å². The van der Waals surface area contributed by atoms with Crippen LogP contribution in [0.15, 0.2) is 28.7 Å². The second-order valence-corrected chi connectivity index (χ2v) is 4.16. The van der Waals surface area contributed by atoms with Crippen LogP contribution in [0.25, 0.3) is 11.0 Å². The molecule has 0 saturated carbocycles. The lowest BCUT2D eigenvalue weighted by atomic mass is 10.1. The first kappa shape index (κ1) is 12.0. The van der Waals surface area contributed by atoms with E-state index in [4.69, 9.17) is 10.2 Å². The molecule has 0 amide bonds. The highest BCUT2D eigenvalue weighted by Gasteiger charge is 2.35. The molecule has 0 bridgehead atoms. The molecule has 0 aliphatic carbocycles. The van der Waals surface area contributed by atoms with Gasteiger partial charge in [-0.15, -0.1) is 0 Å². The smallest absolute Gasteiger partial charge is 0.449 e. The highest BCUT2D eigenvalue weighted by molar-refractivity contribution is 5.78. The number of benzene rings is 1. The highest BCUT2D eigenvalue weighted by atomic mass is 19.4. The zero-order chi connectivity index (χ0) is 12.6. The largest absolute Gasteiger partial charge is 0.452 e. The lowest BCUT2D eigenvalue weighted by Crippen LogP contribution is -2.17. The van der Waals surface area contributed by atoms with Gasteiger partial charge >= 0.3 is 6.18 Å². The Kier molecular flexibility index (Phi) is 2.87.